The smallest absolute Gasteiger partial charge is 0.0981 e. The van der Waals surface area contributed by atoms with E-state index in [0.29, 0.717) is 6.54 Å². The Labute approximate surface area is 136 Å². The molecule has 2 rings (SSSR count). The van der Waals surface area contributed by atoms with Crippen LogP contribution >= 0.6 is 11.3 Å². The highest BCUT2D eigenvalue weighted by molar-refractivity contribution is 7.11. The summed E-state index contributed by atoms with van der Waals surface area (Å²) in [4.78, 5) is 7.78. The van der Waals surface area contributed by atoms with Gasteiger partial charge in [0.1, 0.15) is 0 Å². The molecule has 1 aromatic heterocycles. The number of benzene rings is 1. The summed E-state index contributed by atoms with van der Waals surface area (Å²) in [7, 11) is 1.98. The van der Waals surface area contributed by atoms with Gasteiger partial charge in [-0.1, -0.05) is 20.8 Å². The van der Waals surface area contributed by atoms with Gasteiger partial charge in [0, 0.05) is 41.5 Å². The van der Waals surface area contributed by atoms with Crippen molar-refractivity contribution in [2.24, 2.45) is 0 Å². The second-order valence-electron chi connectivity index (χ2n) is 6.43. The van der Waals surface area contributed by atoms with Crippen LogP contribution < -0.4 is 10.2 Å². The lowest BCUT2D eigenvalue weighted by Crippen LogP contribution is -2.20. The number of nitrogens with one attached hydrogen (secondary N) is 1. The van der Waals surface area contributed by atoms with Crippen molar-refractivity contribution in [3.8, 4) is 0 Å². The van der Waals surface area contributed by atoms with Gasteiger partial charge in [-0.15, -0.1) is 11.3 Å². The molecule has 0 aliphatic rings. The van der Waals surface area contributed by atoms with Crippen LogP contribution in [0, 0.1) is 0 Å². The summed E-state index contributed by atoms with van der Waals surface area (Å²) in [6.07, 6.45) is 1.96. The summed E-state index contributed by atoms with van der Waals surface area (Å²) in [5.74, 6) is 0. The average Bonchev–Trinajstić information content (AvgIpc) is 2.95. The van der Waals surface area contributed by atoms with Gasteiger partial charge in [0.05, 0.1) is 18.2 Å². The average molecular weight is 319 g/mol. The van der Waals surface area contributed by atoms with E-state index in [-0.39, 0.29) is 12.0 Å². The van der Waals surface area contributed by atoms with Crippen molar-refractivity contribution in [3.05, 3.63) is 40.3 Å². The summed E-state index contributed by atoms with van der Waals surface area (Å²) in [6.45, 7) is 8.15. The first-order chi connectivity index (χ1) is 10.4. The van der Waals surface area contributed by atoms with Crippen LogP contribution in [0.3, 0.4) is 0 Å². The molecule has 2 N–H and O–H groups in total. The standard InChI is InChI=1S/C17H25N3OS/c1-17(2,3)16-19-12-15(22-16)11-18-13-5-7-14(8-6-13)20(4)9-10-21/h5-8,12,18,21H,9-11H2,1-4H3. The molecule has 120 valence electrons. The van der Waals surface area contributed by atoms with E-state index < -0.39 is 0 Å². The molecule has 4 nitrogen and oxygen atoms in total. The van der Waals surface area contributed by atoms with Crippen molar-refractivity contribution >= 4 is 22.7 Å². The third-order valence-electron chi connectivity index (χ3n) is 3.41. The predicted octanol–water partition coefficient (Wildman–Crippen LogP) is 3.48. The maximum absolute atomic E-state index is 8.96. The quantitative estimate of drug-likeness (QED) is 0.856. The van der Waals surface area contributed by atoms with Gasteiger partial charge in [-0.2, -0.15) is 0 Å². The molecule has 0 radical (unpaired) electrons. The van der Waals surface area contributed by atoms with E-state index in [1.807, 2.05) is 18.1 Å². The van der Waals surface area contributed by atoms with E-state index >= 15 is 0 Å². The molecule has 0 unspecified atom stereocenters. The summed E-state index contributed by atoms with van der Waals surface area (Å²) in [6, 6.07) is 8.25. The highest BCUT2D eigenvalue weighted by Crippen LogP contribution is 2.27. The Balaban J connectivity index is 1.93. The number of aliphatic hydroxyl groups is 1. The molecule has 0 bridgehead atoms. The van der Waals surface area contributed by atoms with Crippen LogP contribution in [0.15, 0.2) is 30.5 Å². The third kappa shape index (κ3) is 4.45. The predicted molar refractivity (Wildman–Crippen MR) is 94.9 cm³/mol. The van der Waals surface area contributed by atoms with E-state index in [1.54, 1.807) is 11.3 Å². The van der Waals surface area contributed by atoms with Crippen molar-refractivity contribution in [2.45, 2.75) is 32.7 Å². The number of thiazole rings is 1. The fraction of sp³-hybridized carbons (Fsp3) is 0.471. The molecule has 22 heavy (non-hydrogen) atoms. The van der Waals surface area contributed by atoms with Crippen LogP contribution in [0.5, 0.6) is 0 Å². The molecule has 0 fully saturated rings. The van der Waals surface area contributed by atoms with Crippen molar-refractivity contribution in [3.63, 3.8) is 0 Å². The molecule has 0 aliphatic carbocycles. The van der Waals surface area contributed by atoms with Gasteiger partial charge < -0.3 is 15.3 Å². The minimum Gasteiger partial charge on any atom is -0.395 e. The van der Waals surface area contributed by atoms with Crippen molar-refractivity contribution in [2.75, 3.05) is 30.4 Å². The fourth-order valence-electron chi connectivity index (χ4n) is 2.04. The minimum atomic E-state index is 0.113. The summed E-state index contributed by atoms with van der Waals surface area (Å²) >= 11 is 1.76. The van der Waals surface area contributed by atoms with E-state index in [2.05, 4.69) is 55.3 Å². The first kappa shape index (κ1) is 16.8. The molecule has 0 amide bonds. The topological polar surface area (TPSA) is 48.4 Å². The molecule has 1 aromatic carbocycles. The van der Waals surface area contributed by atoms with Gasteiger partial charge in [0.2, 0.25) is 0 Å². The maximum Gasteiger partial charge on any atom is 0.0981 e. The van der Waals surface area contributed by atoms with E-state index in [1.165, 1.54) is 9.88 Å². The highest BCUT2D eigenvalue weighted by atomic mass is 32.1. The lowest BCUT2D eigenvalue weighted by Gasteiger charge is -2.18. The number of aromatic nitrogens is 1. The zero-order valence-corrected chi connectivity index (χ0v) is 14.6. The van der Waals surface area contributed by atoms with Crippen LogP contribution in [0.1, 0.15) is 30.7 Å². The zero-order valence-electron chi connectivity index (χ0n) is 13.8. The monoisotopic (exact) mass is 319 g/mol. The van der Waals surface area contributed by atoms with Crippen LogP contribution in [0.2, 0.25) is 0 Å². The SMILES string of the molecule is CN(CCO)c1ccc(NCc2cnc(C(C)(C)C)s2)cc1. The third-order valence-corrected chi connectivity index (χ3v) is 4.83. The Hall–Kier alpha value is -1.59. The number of anilines is 2. The van der Waals surface area contributed by atoms with E-state index in [9.17, 15) is 0 Å². The first-order valence-corrected chi connectivity index (χ1v) is 8.33. The Bertz CT molecular complexity index is 587. The largest absolute Gasteiger partial charge is 0.395 e. The first-order valence-electron chi connectivity index (χ1n) is 7.51. The normalized spacial score (nSPS) is 11.5. The van der Waals surface area contributed by atoms with E-state index in [4.69, 9.17) is 5.11 Å². The molecular formula is C17H25N3OS. The molecule has 2 aromatic rings. The van der Waals surface area contributed by atoms with Crippen LogP contribution in [0.25, 0.3) is 0 Å². The van der Waals surface area contributed by atoms with Crippen molar-refractivity contribution in [1.29, 1.82) is 0 Å². The van der Waals surface area contributed by atoms with Crippen LogP contribution in [-0.2, 0) is 12.0 Å². The number of likely N-dealkylation sites (N-methyl/N-ethyl adjacent to an activating group) is 1. The Morgan fingerprint density at radius 3 is 2.45 bits per heavy atom. The Morgan fingerprint density at radius 2 is 1.91 bits per heavy atom. The molecule has 1 heterocycles. The second-order valence-corrected chi connectivity index (χ2v) is 7.54. The Morgan fingerprint density at radius 1 is 1.23 bits per heavy atom. The number of aliphatic hydroxyl groups excluding tert-OH is 1. The lowest BCUT2D eigenvalue weighted by atomic mass is 9.98. The Kier molecular flexibility index (Phi) is 5.42. The zero-order chi connectivity index (χ0) is 16.2. The second kappa shape index (κ2) is 7.11. The van der Waals surface area contributed by atoms with Crippen molar-refractivity contribution in [1.82, 2.24) is 4.98 Å². The molecule has 0 saturated carbocycles. The number of nitrogens with zero attached hydrogens (tertiary/aromatic N) is 2. The fourth-order valence-corrected chi connectivity index (χ4v) is 2.95. The van der Waals surface area contributed by atoms with Crippen molar-refractivity contribution < 1.29 is 5.11 Å². The summed E-state index contributed by atoms with van der Waals surface area (Å²) < 4.78 is 0. The number of hydrogen-bond acceptors (Lipinski definition) is 5. The minimum absolute atomic E-state index is 0.113. The molecule has 0 saturated heterocycles. The van der Waals surface area contributed by atoms with Gasteiger partial charge in [-0.25, -0.2) is 4.98 Å². The lowest BCUT2D eigenvalue weighted by molar-refractivity contribution is 0.304. The van der Waals surface area contributed by atoms with Crippen LogP contribution in [-0.4, -0.2) is 30.3 Å². The maximum atomic E-state index is 8.96. The van der Waals surface area contributed by atoms with Gasteiger partial charge >= 0.3 is 0 Å². The highest BCUT2D eigenvalue weighted by Gasteiger charge is 2.17. The molecule has 0 spiro atoms. The van der Waals surface area contributed by atoms with Gasteiger partial charge in [-0.05, 0) is 24.3 Å². The van der Waals surface area contributed by atoms with Gasteiger partial charge in [0.25, 0.3) is 0 Å². The van der Waals surface area contributed by atoms with Gasteiger partial charge in [-0.3, -0.25) is 0 Å². The van der Waals surface area contributed by atoms with E-state index in [0.717, 1.165) is 17.9 Å². The molecule has 0 atom stereocenters. The molecule has 5 heteroatoms. The van der Waals surface area contributed by atoms with Gasteiger partial charge in [0.15, 0.2) is 0 Å². The molecule has 0 aliphatic heterocycles. The summed E-state index contributed by atoms with van der Waals surface area (Å²) in [5.41, 5.74) is 2.31. The summed E-state index contributed by atoms with van der Waals surface area (Å²) in [5, 5.41) is 13.6. The molecular weight excluding hydrogens is 294 g/mol. The number of rotatable bonds is 6. The van der Waals surface area contributed by atoms with Crippen LogP contribution in [0.4, 0.5) is 11.4 Å². The number of hydrogen-bond donors (Lipinski definition) is 2.